The summed E-state index contributed by atoms with van der Waals surface area (Å²) >= 11 is 1.88. The quantitative estimate of drug-likeness (QED) is 0.933. The van der Waals surface area contributed by atoms with Gasteiger partial charge in [-0.25, -0.2) is 9.78 Å². The molecule has 3 rings (SSSR count). The van der Waals surface area contributed by atoms with Crippen LogP contribution in [-0.4, -0.2) is 51.1 Å². The fourth-order valence-electron chi connectivity index (χ4n) is 3.48. The molecule has 21 heavy (non-hydrogen) atoms. The number of imidazole rings is 1. The van der Waals surface area contributed by atoms with E-state index in [9.17, 15) is 4.79 Å². The molecule has 1 aromatic heterocycles. The summed E-state index contributed by atoms with van der Waals surface area (Å²) in [4.78, 5) is 18.5. The summed E-state index contributed by atoms with van der Waals surface area (Å²) in [5, 5.41) is 3.84. The molecule has 5 nitrogen and oxygen atoms in total. The van der Waals surface area contributed by atoms with E-state index in [1.54, 1.807) is 0 Å². The fourth-order valence-corrected chi connectivity index (χ4v) is 4.41. The predicted octanol–water partition coefficient (Wildman–Crippen LogP) is 2.51. The van der Waals surface area contributed by atoms with Crippen molar-refractivity contribution < 1.29 is 4.79 Å². The minimum atomic E-state index is 0.130. The summed E-state index contributed by atoms with van der Waals surface area (Å²) in [5.74, 6) is 0. The van der Waals surface area contributed by atoms with Crippen LogP contribution in [0.4, 0.5) is 4.79 Å². The first-order valence-corrected chi connectivity index (χ1v) is 9.12. The number of nitrogens with zero attached hydrogens (tertiary/aromatic N) is 3. The van der Waals surface area contributed by atoms with Crippen molar-refractivity contribution >= 4 is 17.8 Å². The summed E-state index contributed by atoms with van der Waals surface area (Å²) in [5.41, 5.74) is 0. The van der Waals surface area contributed by atoms with Crippen LogP contribution in [0.25, 0.3) is 0 Å². The average molecular weight is 308 g/mol. The second-order valence-electron chi connectivity index (χ2n) is 5.99. The van der Waals surface area contributed by atoms with Gasteiger partial charge in [0.1, 0.15) is 0 Å². The number of hydrogen-bond donors (Lipinski definition) is 1. The van der Waals surface area contributed by atoms with E-state index in [4.69, 9.17) is 0 Å². The van der Waals surface area contributed by atoms with Crippen molar-refractivity contribution in [2.75, 3.05) is 19.3 Å². The molecule has 1 N–H and O–H groups in total. The number of aromatic nitrogens is 2. The van der Waals surface area contributed by atoms with E-state index < -0.39 is 0 Å². The average Bonchev–Trinajstić information content (AvgIpc) is 3.18. The first-order valence-electron chi connectivity index (χ1n) is 7.83. The van der Waals surface area contributed by atoms with Crippen molar-refractivity contribution in [3.05, 3.63) is 18.7 Å². The van der Waals surface area contributed by atoms with Crippen LogP contribution in [0.2, 0.25) is 0 Å². The lowest BCUT2D eigenvalue weighted by Crippen LogP contribution is -2.49. The predicted molar refractivity (Wildman–Crippen MR) is 85.5 cm³/mol. The number of hydrogen-bond acceptors (Lipinski definition) is 3. The van der Waals surface area contributed by atoms with Crippen LogP contribution in [0, 0.1) is 0 Å². The molecule has 1 saturated heterocycles. The van der Waals surface area contributed by atoms with E-state index in [1.807, 2.05) is 35.4 Å². The van der Waals surface area contributed by atoms with Gasteiger partial charge in [0.25, 0.3) is 0 Å². The van der Waals surface area contributed by atoms with Gasteiger partial charge in [-0.2, -0.15) is 11.8 Å². The number of likely N-dealkylation sites (tertiary alicyclic amines) is 1. The summed E-state index contributed by atoms with van der Waals surface area (Å²) in [6.45, 7) is 1.68. The maximum absolute atomic E-state index is 12.4. The Morgan fingerprint density at radius 1 is 1.29 bits per heavy atom. The molecule has 0 radical (unpaired) electrons. The van der Waals surface area contributed by atoms with Crippen LogP contribution in [0.3, 0.4) is 0 Å². The van der Waals surface area contributed by atoms with E-state index in [2.05, 4.69) is 21.1 Å². The lowest BCUT2D eigenvalue weighted by Gasteiger charge is -2.33. The maximum atomic E-state index is 12.4. The molecule has 2 aliphatic rings. The smallest absolute Gasteiger partial charge is 0.317 e. The van der Waals surface area contributed by atoms with E-state index in [1.165, 1.54) is 12.8 Å². The summed E-state index contributed by atoms with van der Waals surface area (Å²) in [6, 6.07) is 0.978. The zero-order valence-electron chi connectivity index (χ0n) is 12.6. The van der Waals surface area contributed by atoms with Gasteiger partial charge in [0.05, 0.1) is 6.33 Å². The van der Waals surface area contributed by atoms with Gasteiger partial charge in [-0.05, 0) is 31.9 Å². The number of amides is 2. The van der Waals surface area contributed by atoms with Crippen LogP contribution in [0.5, 0.6) is 0 Å². The molecule has 1 aromatic rings. The molecule has 1 saturated carbocycles. The second-order valence-corrected chi connectivity index (χ2v) is 7.07. The molecule has 6 heteroatoms. The zero-order chi connectivity index (χ0) is 14.7. The molecule has 1 aliphatic heterocycles. The van der Waals surface area contributed by atoms with Crippen molar-refractivity contribution in [2.24, 2.45) is 0 Å². The second kappa shape index (κ2) is 6.73. The third-order valence-electron chi connectivity index (χ3n) is 4.76. The summed E-state index contributed by atoms with van der Waals surface area (Å²) in [6.07, 6.45) is 13.5. The first-order chi connectivity index (χ1) is 10.3. The van der Waals surface area contributed by atoms with E-state index >= 15 is 0 Å². The van der Waals surface area contributed by atoms with Gasteiger partial charge >= 0.3 is 6.03 Å². The standard InChI is InChI=1S/C15H24N4OS/c1-21-14-4-2-3-13(14)17-15(20)18-8-5-12(6-9-18)19-10-7-16-11-19/h7,10-14H,2-6,8-9H2,1H3,(H,17,20)/t13-,14+/m0/s1. The Kier molecular flexibility index (Phi) is 4.73. The van der Waals surface area contributed by atoms with Gasteiger partial charge < -0.3 is 14.8 Å². The van der Waals surface area contributed by atoms with Crippen LogP contribution >= 0.6 is 11.8 Å². The molecule has 2 fully saturated rings. The fraction of sp³-hybridized carbons (Fsp3) is 0.733. The van der Waals surface area contributed by atoms with Gasteiger partial charge in [-0.15, -0.1) is 0 Å². The van der Waals surface area contributed by atoms with Crippen molar-refractivity contribution in [2.45, 2.75) is 49.4 Å². The monoisotopic (exact) mass is 308 g/mol. The minimum absolute atomic E-state index is 0.130. The number of carbonyl (C=O) groups is 1. The van der Waals surface area contributed by atoms with Crippen LogP contribution in [0.1, 0.15) is 38.1 Å². The highest BCUT2D eigenvalue weighted by molar-refractivity contribution is 7.99. The number of piperidine rings is 1. The Morgan fingerprint density at radius 3 is 2.76 bits per heavy atom. The molecular formula is C15H24N4OS. The third-order valence-corrected chi connectivity index (χ3v) is 5.93. The lowest BCUT2D eigenvalue weighted by molar-refractivity contribution is 0.168. The van der Waals surface area contributed by atoms with Gasteiger partial charge in [0.2, 0.25) is 0 Å². The number of urea groups is 1. The zero-order valence-corrected chi connectivity index (χ0v) is 13.4. The van der Waals surface area contributed by atoms with Crippen LogP contribution in [0.15, 0.2) is 18.7 Å². The third kappa shape index (κ3) is 3.36. The molecule has 1 aliphatic carbocycles. The molecule has 0 spiro atoms. The minimum Gasteiger partial charge on any atom is -0.334 e. The molecule has 2 amide bonds. The Hall–Kier alpha value is -1.17. The van der Waals surface area contributed by atoms with Gasteiger partial charge in [0, 0.05) is 42.8 Å². The van der Waals surface area contributed by atoms with Crippen molar-refractivity contribution in [1.29, 1.82) is 0 Å². The SMILES string of the molecule is CS[C@@H]1CCC[C@@H]1NC(=O)N1CCC(n2ccnc2)CC1. The Balaban J connectivity index is 1.49. The molecule has 2 atom stereocenters. The van der Waals surface area contributed by atoms with E-state index in [0.717, 1.165) is 32.4 Å². The summed E-state index contributed by atoms with van der Waals surface area (Å²) in [7, 11) is 0. The van der Waals surface area contributed by atoms with E-state index in [-0.39, 0.29) is 6.03 Å². The Bertz CT molecular complexity index is 456. The molecule has 116 valence electrons. The van der Waals surface area contributed by atoms with Crippen molar-refractivity contribution in [3.63, 3.8) is 0 Å². The normalized spacial score (nSPS) is 27.0. The number of nitrogens with one attached hydrogen (secondary N) is 1. The largest absolute Gasteiger partial charge is 0.334 e. The Morgan fingerprint density at radius 2 is 2.10 bits per heavy atom. The van der Waals surface area contributed by atoms with Crippen molar-refractivity contribution in [3.8, 4) is 0 Å². The number of carbonyl (C=O) groups excluding carboxylic acids is 1. The highest BCUT2D eigenvalue weighted by Gasteiger charge is 2.30. The molecule has 0 aromatic carbocycles. The van der Waals surface area contributed by atoms with Gasteiger partial charge in [-0.1, -0.05) is 6.42 Å². The molecule has 0 unspecified atom stereocenters. The lowest BCUT2D eigenvalue weighted by atomic mass is 10.1. The van der Waals surface area contributed by atoms with Crippen LogP contribution in [-0.2, 0) is 0 Å². The highest BCUT2D eigenvalue weighted by Crippen LogP contribution is 2.29. The van der Waals surface area contributed by atoms with E-state index in [0.29, 0.717) is 17.3 Å². The van der Waals surface area contributed by atoms with Crippen molar-refractivity contribution in [1.82, 2.24) is 19.8 Å². The number of rotatable bonds is 3. The van der Waals surface area contributed by atoms with Gasteiger partial charge in [0.15, 0.2) is 0 Å². The van der Waals surface area contributed by atoms with Gasteiger partial charge in [-0.3, -0.25) is 0 Å². The molecule has 2 heterocycles. The first kappa shape index (κ1) is 14.8. The van der Waals surface area contributed by atoms with Crippen LogP contribution < -0.4 is 5.32 Å². The summed E-state index contributed by atoms with van der Waals surface area (Å²) < 4.78 is 2.16. The highest BCUT2D eigenvalue weighted by atomic mass is 32.2. The number of thioether (sulfide) groups is 1. The topological polar surface area (TPSA) is 50.2 Å². The molecule has 0 bridgehead atoms. The molecular weight excluding hydrogens is 284 g/mol. The Labute approximate surface area is 130 Å². The maximum Gasteiger partial charge on any atom is 0.317 e.